The van der Waals surface area contributed by atoms with Crippen LogP contribution >= 0.6 is 0 Å². The van der Waals surface area contributed by atoms with Crippen molar-refractivity contribution in [3.8, 4) is 44.9 Å². The van der Waals surface area contributed by atoms with Crippen molar-refractivity contribution in [2.75, 3.05) is 0 Å². The zero-order valence-corrected chi connectivity index (χ0v) is 24.4. The van der Waals surface area contributed by atoms with E-state index in [2.05, 4.69) is 158 Å². The van der Waals surface area contributed by atoms with Crippen molar-refractivity contribution in [3.05, 3.63) is 158 Å². The van der Waals surface area contributed by atoms with Gasteiger partial charge in [0.1, 0.15) is 11.5 Å². The Morgan fingerprint density at radius 3 is 1.84 bits per heavy atom. The fourth-order valence-electron chi connectivity index (χ4n) is 7.60. The van der Waals surface area contributed by atoms with Gasteiger partial charge in [-0.1, -0.05) is 127 Å². The molecule has 10 rings (SSSR count). The lowest BCUT2D eigenvalue weighted by molar-refractivity contribution is 0.487. The minimum atomic E-state index is 0.894. The number of rotatable bonds is 2. The van der Waals surface area contributed by atoms with Crippen molar-refractivity contribution >= 4 is 53.9 Å². The summed E-state index contributed by atoms with van der Waals surface area (Å²) in [6.45, 7) is 0. The monoisotopic (exact) mass is 570 g/mol. The summed E-state index contributed by atoms with van der Waals surface area (Å²) in [6, 6.07) is 57.3. The van der Waals surface area contributed by atoms with Gasteiger partial charge in [0.15, 0.2) is 0 Å². The molecule has 1 aliphatic heterocycles. The van der Waals surface area contributed by atoms with Gasteiger partial charge in [-0.2, -0.15) is 0 Å². The highest BCUT2D eigenvalue weighted by atomic mass is 16.5. The van der Waals surface area contributed by atoms with Crippen molar-refractivity contribution in [1.82, 2.24) is 0 Å². The Labute approximate surface area is 260 Å². The maximum absolute atomic E-state index is 6.71. The van der Waals surface area contributed by atoms with Gasteiger partial charge < -0.3 is 4.74 Å². The van der Waals surface area contributed by atoms with Crippen LogP contribution in [0.15, 0.2) is 158 Å². The lowest BCUT2D eigenvalue weighted by atomic mass is 9.85. The van der Waals surface area contributed by atoms with E-state index in [9.17, 15) is 0 Å². The minimum Gasteiger partial charge on any atom is -0.456 e. The van der Waals surface area contributed by atoms with E-state index < -0.39 is 0 Å². The largest absolute Gasteiger partial charge is 0.456 e. The molecule has 0 unspecified atom stereocenters. The molecule has 1 nitrogen and oxygen atoms in total. The zero-order chi connectivity index (χ0) is 29.5. The highest BCUT2D eigenvalue weighted by Gasteiger charge is 2.25. The predicted molar refractivity (Wildman–Crippen MR) is 190 cm³/mol. The summed E-state index contributed by atoms with van der Waals surface area (Å²) >= 11 is 0. The normalized spacial score (nSPS) is 12.2. The lowest BCUT2D eigenvalue weighted by Gasteiger charge is -2.25. The molecule has 0 saturated carbocycles. The molecule has 1 aliphatic rings. The van der Waals surface area contributed by atoms with Gasteiger partial charge >= 0.3 is 0 Å². The molecule has 0 spiro atoms. The van der Waals surface area contributed by atoms with E-state index >= 15 is 0 Å². The summed E-state index contributed by atoms with van der Waals surface area (Å²) in [7, 11) is 0. The predicted octanol–water partition coefficient (Wildman–Crippen LogP) is 12.6. The second-order valence-electron chi connectivity index (χ2n) is 12.0. The summed E-state index contributed by atoms with van der Waals surface area (Å²) < 4.78 is 6.71. The molecule has 9 aromatic carbocycles. The van der Waals surface area contributed by atoms with Crippen LogP contribution in [0.25, 0.3) is 87.2 Å². The van der Waals surface area contributed by atoms with Crippen molar-refractivity contribution in [3.63, 3.8) is 0 Å². The quantitative estimate of drug-likeness (QED) is 0.148. The maximum Gasteiger partial charge on any atom is 0.135 e. The SMILES string of the molecule is c1ccc(-c2ccc3c4c(cc5ccccc5c24)-c2cc(-c4c5ccccc5cc5c4ccc4ccccc45)ccc2O3)cc1. The first-order valence-corrected chi connectivity index (χ1v) is 15.5. The van der Waals surface area contributed by atoms with Crippen molar-refractivity contribution in [1.29, 1.82) is 0 Å². The van der Waals surface area contributed by atoms with E-state index in [4.69, 9.17) is 4.74 Å². The van der Waals surface area contributed by atoms with Gasteiger partial charge in [0, 0.05) is 16.3 Å². The molecule has 0 bridgehead atoms. The molecule has 0 aromatic heterocycles. The highest BCUT2D eigenvalue weighted by molar-refractivity contribution is 6.23. The molecule has 0 saturated heterocycles. The third-order valence-electron chi connectivity index (χ3n) is 9.60. The van der Waals surface area contributed by atoms with Crippen molar-refractivity contribution < 1.29 is 4.74 Å². The fraction of sp³-hybridized carbons (Fsp3) is 0. The molecule has 0 atom stereocenters. The second-order valence-corrected chi connectivity index (χ2v) is 12.0. The van der Waals surface area contributed by atoms with Crippen LogP contribution in [0.4, 0.5) is 0 Å². The summed E-state index contributed by atoms with van der Waals surface area (Å²) in [5.74, 6) is 1.80. The van der Waals surface area contributed by atoms with Crippen LogP contribution < -0.4 is 4.74 Å². The van der Waals surface area contributed by atoms with Gasteiger partial charge in [0.05, 0.1) is 0 Å². The standard InChI is InChI=1S/C44H26O/c1-2-10-27(11-3-1)35-21-23-41-44-39(25-30-14-6-9-17-34(30)43(35)44)38-26-31(19-22-40(38)45-41)42-33-16-8-5-13-29(33)24-37-32-15-7-4-12-28(32)18-20-36(37)42/h1-26H. The average molecular weight is 571 g/mol. The Bertz CT molecular complexity index is 2670. The minimum absolute atomic E-state index is 0.894. The number of hydrogen-bond donors (Lipinski definition) is 0. The summed E-state index contributed by atoms with van der Waals surface area (Å²) in [6.07, 6.45) is 0. The Kier molecular flexibility index (Phi) is 5.06. The average Bonchev–Trinajstić information content (AvgIpc) is 3.11. The lowest BCUT2D eigenvalue weighted by Crippen LogP contribution is -1.99. The molecule has 1 heteroatoms. The van der Waals surface area contributed by atoms with E-state index in [1.54, 1.807) is 0 Å². The van der Waals surface area contributed by atoms with E-state index in [0.29, 0.717) is 0 Å². The Balaban J connectivity index is 1.30. The highest BCUT2D eigenvalue weighted by Crippen LogP contribution is 2.52. The van der Waals surface area contributed by atoms with E-state index in [1.807, 2.05) is 0 Å². The number of ether oxygens (including phenoxy) is 1. The smallest absolute Gasteiger partial charge is 0.135 e. The van der Waals surface area contributed by atoms with Gasteiger partial charge in [-0.25, -0.2) is 0 Å². The molecule has 0 fully saturated rings. The summed E-state index contributed by atoms with van der Waals surface area (Å²) in [4.78, 5) is 0. The van der Waals surface area contributed by atoms with Crippen molar-refractivity contribution in [2.45, 2.75) is 0 Å². The Hall–Kier alpha value is -5.92. The molecular formula is C44H26O. The molecule has 1 heterocycles. The molecule has 9 aromatic rings. The van der Waals surface area contributed by atoms with Crippen LogP contribution in [0.3, 0.4) is 0 Å². The molecule has 0 N–H and O–H groups in total. The second kappa shape index (κ2) is 9.29. The Morgan fingerprint density at radius 2 is 1.00 bits per heavy atom. The Morgan fingerprint density at radius 1 is 0.311 bits per heavy atom. The fourth-order valence-corrected chi connectivity index (χ4v) is 7.60. The number of hydrogen-bond acceptors (Lipinski definition) is 1. The molecule has 0 amide bonds. The van der Waals surface area contributed by atoms with Gasteiger partial charge in [-0.15, -0.1) is 0 Å². The van der Waals surface area contributed by atoms with Gasteiger partial charge in [-0.3, -0.25) is 0 Å². The number of benzene rings is 9. The first-order chi connectivity index (χ1) is 22.3. The van der Waals surface area contributed by atoms with Crippen LogP contribution in [0.5, 0.6) is 11.5 Å². The summed E-state index contributed by atoms with van der Waals surface area (Å²) in [5.41, 5.74) is 7.23. The topological polar surface area (TPSA) is 9.23 Å². The maximum atomic E-state index is 6.71. The first-order valence-electron chi connectivity index (χ1n) is 15.5. The van der Waals surface area contributed by atoms with Crippen LogP contribution in [-0.4, -0.2) is 0 Å². The van der Waals surface area contributed by atoms with Gasteiger partial charge in [0.25, 0.3) is 0 Å². The number of fused-ring (bicyclic) bond motifs is 8. The van der Waals surface area contributed by atoms with Crippen molar-refractivity contribution in [2.24, 2.45) is 0 Å². The third kappa shape index (κ3) is 3.56. The molecule has 0 radical (unpaired) electrons. The van der Waals surface area contributed by atoms with Crippen LogP contribution in [0.2, 0.25) is 0 Å². The van der Waals surface area contributed by atoms with Crippen LogP contribution in [0.1, 0.15) is 0 Å². The van der Waals surface area contributed by atoms with E-state index in [-0.39, 0.29) is 0 Å². The van der Waals surface area contributed by atoms with Crippen LogP contribution in [-0.2, 0) is 0 Å². The molecule has 208 valence electrons. The van der Waals surface area contributed by atoms with E-state index in [1.165, 1.54) is 81.7 Å². The van der Waals surface area contributed by atoms with Gasteiger partial charge in [0.2, 0.25) is 0 Å². The molecule has 45 heavy (non-hydrogen) atoms. The van der Waals surface area contributed by atoms with E-state index in [0.717, 1.165) is 17.1 Å². The molecule has 0 aliphatic carbocycles. The zero-order valence-electron chi connectivity index (χ0n) is 24.4. The first kappa shape index (κ1) is 24.5. The van der Waals surface area contributed by atoms with Gasteiger partial charge in [-0.05, 0) is 101 Å². The third-order valence-corrected chi connectivity index (χ3v) is 9.60. The molecular weight excluding hydrogens is 544 g/mol. The van der Waals surface area contributed by atoms with Crippen LogP contribution in [0, 0.1) is 0 Å². The summed E-state index contributed by atoms with van der Waals surface area (Å²) in [5, 5.41) is 12.5.